The summed E-state index contributed by atoms with van der Waals surface area (Å²) < 4.78 is 0.932. The first-order chi connectivity index (χ1) is 8.70. The van der Waals surface area contributed by atoms with Crippen LogP contribution in [0.4, 0.5) is 11.8 Å². The molecule has 100 valence electrons. The Kier molecular flexibility index (Phi) is 4.80. The average molecular weight is 313 g/mol. The highest BCUT2D eigenvalue weighted by atomic mass is 79.9. The van der Waals surface area contributed by atoms with E-state index in [0.29, 0.717) is 17.9 Å². The van der Waals surface area contributed by atoms with E-state index in [1.807, 2.05) is 6.92 Å². The predicted octanol–water partition coefficient (Wildman–Crippen LogP) is 3.66. The van der Waals surface area contributed by atoms with Crippen molar-refractivity contribution in [1.29, 1.82) is 0 Å². The lowest BCUT2D eigenvalue weighted by molar-refractivity contribution is 0.349. The molecule has 0 bridgehead atoms. The van der Waals surface area contributed by atoms with Gasteiger partial charge >= 0.3 is 0 Å². The highest BCUT2D eigenvalue weighted by Crippen LogP contribution is 2.29. The van der Waals surface area contributed by atoms with Crippen LogP contribution in [0.3, 0.4) is 0 Å². The van der Waals surface area contributed by atoms with Gasteiger partial charge < -0.3 is 10.6 Å². The van der Waals surface area contributed by atoms with Crippen LogP contribution in [0.15, 0.2) is 10.7 Å². The summed E-state index contributed by atoms with van der Waals surface area (Å²) in [7, 11) is 0. The van der Waals surface area contributed by atoms with Gasteiger partial charge in [0.05, 0.1) is 4.47 Å². The minimum Gasteiger partial charge on any atom is -0.366 e. The molecule has 0 spiro atoms. The fourth-order valence-corrected chi connectivity index (χ4v) is 2.72. The predicted molar refractivity (Wildman–Crippen MR) is 78.9 cm³/mol. The Hall–Kier alpha value is -0.840. The van der Waals surface area contributed by atoms with Crippen molar-refractivity contribution < 1.29 is 0 Å². The molecule has 2 atom stereocenters. The van der Waals surface area contributed by atoms with Crippen LogP contribution in [0.25, 0.3) is 0 Å². The monoisotopic (exact) mass is 312 g/mol. The summed E-state index contributed by atoms with van der Waals surface area (Å²) in [6.45, 7) is 5.19. The third kappa shape index (κ3) is 3.34. The standard InChI is InChI=1S/C13H21BrN4/c1-3-15-13-16-8-10(14)12(18-13)17-11-7-5-4-6-9(11)2/h8-9,11H,3-7H2,1-2H3,(H2,15,16,17,18). The first kappa shape index (κ1) is 13.6. The quantitative estimate of drug-likeness (QED) is 0.890. The van der Waals surface area contributed by atoms with Gasteiger partial charge in [-0.25, -0.2) is 4.98 Å². The lowest BCUT2D eigenvalue weighted by Gasteiger charge is -2.30. The lowest BCUT2D eigenvalue weighted by Crippen LogP contribution is -2.31. The van der Waals surface area contributed by atoms with Crippen molar-refractivity contribution in [2.24, 2.45) is 5.92 Å². The molecule has 1 heterocycles. The normalized spacial score (nSPS) is 23.7. The Labute approximate surface area is 117 Å². The largest absolute Gasteiger partial charge is 0.366 e. The van der Waals surface area contributed by atoms with Crippen molar-refractivity contribution in [2.45, 2.75) is 45.6 Å². The van der Waals surface area contributed by atoms with E-state index in [2.05, 4.69) is 43.5 Å². The molecule has 0 amide bonds. The third-order valence-electron chi connectivity index (χ3n) is 3.51. The molecule has 0 aliphatic heterocycles. The molecule has 2 unspecified atom stereocenters. The number of halogens is 1. The maximum absolute atomic E-state index is 4.51. The summed E-state index contributed by atoms with van der Waals surface area (Å²) >= 11 is 3.51. The zero-order valence-corrected chi connectivity index (χ0v) is 12.6. The number of nitrogens with zero attached hydrogens (tertiary/aromatic N) is 2. The van der Waals surface area contributed by atoms with Crippen LogP contribution in [-0.4, -0.2) is 22.6 Å². The zero-order valence-electron chi connectivity index (χ0n) is 11.0. The molecule has 1 aliphatic carbocycles. The zero-order chi connectivity index (χ0) is 13.0. The minimum atomic E-state index is 0.527. The summed E-state index contributed by atoms with van der Waals surface area (Å²) in [6.07, 6.45) is 7.01. The first-order valence-corrected chi connectivity index (χ1v) is 7.53. The Bertz CT molecular complexity index is 397. The number of aromatic nitrogens is 2. The van der Waals surface area contributed by atoms with Gasteiger partial charge in [-0.3, -0.25) is 0 Å². The maximum atomic E-state index is 4.51. The summed E-state index contributed by atoms with van der Waals surface area (Å²) in [4.78, 5) is 8.74. The SMILES string of the molecule is CCNc1ncc(Br)c(NC2CCCCC2C)n1. The highest BCUT2D eigenvalue weighted by molar-refractivity contribution is 9.10. The average Bonchev–Trinajstić information content (AvgIpc) is 2.36. The molecule has 18 heavy (non-hydrogen) atoms. The molecule has 1 aliphatic rings. The van der Waals surface area contributed by atoms with Gasteiger partial charge in [-0.15, -0.1) is 0 Å². The number of nitrogens with one attached hydrogen (secondary N) is 2. The van der Waals surface area contributed by atoms with Crippen molar-refractivity contribution in [1.82, 2.24) is 9.97 Å². The molecule has 2 N–H and O–H groups in total. The molecule has 0 radical (unpaired) electrons. The van der Waals surface area contributed by atoms with E-state index < -0.39 is 0 Å². The van der Waals surface area contributed by atoms with Crippen molar-refractivity contribution in [3.8, 4) is 0 Å². The first-order valence-electron chi connectivity index (χ1n) is 6.73. The molecule has 1 fully saturated rings. The van der Waals surface area contributed by atoms with E-state index in [1.54, 1.807) is 6.20 Å². The van der Waals surface area contributed by atoms with E-state index in [4.69, 9.17) is 0 Å². The second-order valence-corrected chi connectivity index (χ2v) is 5.79. The van der Waals surface area contributed by atoms with Crippen LogP contribution < -0.4 is 10.6 Å². The highest BCUT2D eigenvalue weighted by Gasteiger charge is 2.22. The molecule has 1 aromatic heterocycles. The lowest BCUT2D eigenvalue weighted by atomic mass is 9.86. The van der Waals surface area contributed by atoms with E-state index >= 15 is 0 Å². The van der Waals surface area contributed by atoms with Crippen LogP contribution in [0.1, 0.15) is 39.5 Å². The van der Waals surface area contributed by atoms with Gasteiger partial charge in [0, 0.05) is 18.8 Å². The number of rotatable bonds is 4. The van der Waals surface area contributed by atoms with Gasteiger partial charge in [0.1, 0.15) is 5.82 Å². The van der Waals surface area contributed by atoms with E-state index in [1.165, 1.54) is 25.7 Å². The second kappa shape index (κ2) is 6.36. The molecule has 4 nitrogen and oxygen atoms in total. The van der Waals surface area contributed by atoms with Crippen molar-refractivity contribution in [2.75, 3.05) is 17.2 Å². The number of anilines is 2. The summed E-state index contributed by atoms with van der Waals surface area (Å²) in [6, 6.07) is 0.527. The van der Waals surface area contributed by atoms with Crippen LogP contribution in [-0.2, 0) is 0 Å². The summed E-state index contributed by atoms with van der Waals surface area (Å²) in [5, 5.41) is 6.70. The summed E-state index contributed by atoms with van der Waals surface area (Å²) in [5.41, 5.74) is 0. The third-order valence-corrected chi connectivity index (χ3v) is 4.09. The number of hydrogen-bond donors (Lipinski definition) is 2. The summed E-state index contributed by atoms with van der Waals surface area (Å²) in [5.74, 6) is 2.30. The van der Waals surface area contributed by atoms with Gasteiger partial charge in [-0.05, 0) is 41.6 Å². The molecule has 2 rings (SSSR count). The fourth-order valence-electron chi connectivity index (χ4n) is 2.42. The van der Waals surface area contributed by atoms with Gasteiger partial charge in [0.15, 0.2) is 0 Å². The van der Waals surface area contributed by atoms with E-state index in [9.17, 15) is 0 Å². The van der Waals surface area contributed by atoms with Crippen LogP contribution >= 0.6 is 15.9 Å². The second-order valence-electron chi connectivity index (χ2n) is 4.93. The van der Waals surface area contributed by atoms with Crippen molar-refractivity contribution in [3.63, 3.8) is 0 Å². The number of hydrogen-bond acceptors (Lipinski definition) is 4. The van der Waals surface area contributed by atoms with Crippen LogP contribution in [0.2, 0.25) is 0 Å². The topological polar surface area (TPSA) is 49.8 Å². The van der Waals surface area contributed by atoms with Gasteiger partial charge in [-0.1, -0.05) is 19.8 Å². The van der Waals surface area contributed by atoms with Crippen LogP contribution in [0, 0.1) is 5.92 Å². The van der Waals surface area contributed by atoms with Gasteiger partial charge in [-0.2, -0.15) is 4.98 Å². The Morgan fingerprint density at radius 3 is 2.89 bits per heavy atom. The molecule has 0 saturated heterocycles. The molecule has 0 aromatic carbocycles. The van der Waals surface area contributed by atoms with Crippen molar-refractivity contribution in [3.05, 3.63) is 10.7 Å². The Balaban J connectivity index is 2.09. The Morgan fingerprint density at radius 2 is 2.17 bits per heavy atom. The minimum absolute atomic E-state index is 0.527. The molecule has 1 aromatic rings. The van der Waals surface area contributed by atoms with Crippen LogP contribution in [0.5, 0.6) is 0 Å². The molecule has 1 saturated carbocycles. The Morgan fingerprint density at radius 1 is 1.39 bits per heavy atom. The van der Waals surface area contributed by atoms with E-state index in [-0.39, 0.29) is 0 Å². The fraction of sp³-hybridized carbons (Fsp3) is 0.692. The smallest absolute Gasteiger partial charge is 0.224 e. The van der Waals surface area contributed by atoms with E-state index in [0.717, 1.165) is 16.8 Å². The molecular weight excluding hydrogens is 292 g/mol. The van der Waals surface area contributed by atoms with Crippen molar-refractivity contribution >= 4 is 27.7 Å². The van der Waals surface area contributed by atoms with Gasteiger partial charge in [0.25, 0.3) is 0 Å². The molecular formula is C13H21BrN4. The maximum Gasteiger partial charge on any atom is 0.224 e. The molecule has 5 heteroatoms. The van der Waals surface area contributed by atoms with Gasteiger partial charge in [0.2, 0.25) is 5.95 Å².